The van der Waals surface area contributed by atoms with Crippen molar-refractivity contribution in [1.82, 2.24) is 10.2 Å². The Kier molecular flexibility index (Phi) is 5.03. The van der Waals surface area contributed by atoms with E-state index < -0.39 is 27.4 Å². The Hall–Kier alpha value is -3.73. The van der Waals surface area contributed by atoms with Crippen LogP contribution < -0.4 is 14.9 Å². The number of benzene rings is 2. The van der Waals surface area contributed by atoms with Gasteiger partial charge in [-0.3, -0.25) is 29.2 Å². The highest BCUT2D eigenvalue weighted by atomic mass is 32.2. The first kappa shape index (κ1) is 23.0. The van der Waals surface area contributed by atoms with Crippen LogP contribution >= 0.6 is 0 Å². The van der Waals surface area contributed by atoms with Gasteiger partial charge in [-0.15, -0.1) is 0 Å². The van der Waals surface area contributed by atoms with E-state index in [0.29, 0.717) is 22.4 Å². The Labute approximate surface area is 202 Å². The van der Waals surface area contributed by atoms with E-state index in [0.717, 1.165) is 0 Å². The third kappa shape index (κ3) is 3.57. The van der Waals surface area contributed by atoms with E-state index in [1.165, 1.54) is 34.1 Å². The van der Waals surface area contributed by atoms with Crippen molar-refractivity contribution >= 4 is 45.0 Å². The summed E-state index contributed by atoms with van der Waals surface area (Å²) >= 11 is 0. The van der Waals surface area contributed by atoms with Crippen LogP contribution in [0.5, 0.6) is 0 Å². The highest BCUT2D eigenvalue weighted by molar-refractivity contribution is 7.92. The Bertz CT molecular complexity index is 1430. The van der Waals surface area contributed by atoms with Gasteiger partial charge in [-0.05, 0) is 67.8 Å². The van der Waals surface area contributed by atoms with Crippen molar-refractivity contribution in [1.29, 1.82) is 0 Å². The number of sulfonamides is 1. The number of anilines is 2. The van der Waals surface area contributed by atoms with Crippen molar-refractivity contribution in [2.75, 3.05) is 16.7 Å². The van der Waals surface area contributed by atoms with Crippen molar-refractivity contribution < 1.29 is 27.6 Å². The molecule has 10 nitrogen and oxygen atoms in total. The highest BCUT2D eigenvalue weighted by Crippen LogP contribution is 2.42. The molecular weight excluding hydrogens is 472 g/mol. The summed E-state index contributed by atoms with van der Waals surface area (Å²) < 4.78 is 28.9. The molecule has 0 aromatic heterocycles. The molecule has 35 heavy (non-hydrogen) atoms. The topological polar surface area (TPSA) is 133 Å². The SMILES string of the molecule is CN1C(=O)C(C)(C)c2cc(S(=O)(=O)Nc3ccc4c(c3)CN(C3CCC(=O)NC3=O)C4=O)ccc21. The third-order valence-corrected chi connectivity index (χ3v) is 8.31. The number of carbonyl (C=O) groups is 4. The van der Waals surface area contributed by atoms with Crippen LogP contribution in [0.15, 0.2) is 41.3 Å². The Morgan fingerprint density at radius 1 is 1.06 bits per heavy atom. The van der Waals surface area contributed by atoms with Gasteiger partial charge in [0.15, 0.2) is 0 Å². The second kappa shape index (κ2) is 7.64. The minimum absolute atomic E-state index is 0.0224. The van der Waals surface area contributed by atoms with E-state index in [1.807, 2.05) is 0 Å². The molecule has 0 bridgehead atoms. The fourth-order valence-electron chi connectivity index (χ4n) is 4.97. The number of carbonyl (C=O) groups excluding carboxylic acids is 4. The van der Waals surface area contributed by atoms with Crippen molar-refractivity contribution in [2.24, 2.45) is 0 Å². The zero-order valence-electron chi connectivity index (χ0n) is 19.4. The van der Waals surface area contributed by atoms with E-state index in [9.17, 15) is 27.6 Å². The number of fused-ring (bicyclic) bond motifs is 2. The van der Waals surface area contributed by atoms with Crippen molar-refractivity contribution in [3.8, 4) is 0 Å². The lowest BCUT2D eigenvalue weighted by Crippen LogP contribution is -2.52. The molecule has 3 heterocycles. The van der Waals surface area contributed by atoms with Crippen LogP contribution in [0.25, 0.3) is 0 Å². The van der Waals surface area contributed by atoms with Crippen molar-refractivity contribution in [3.05, 3.63) is 53.1 Å². The summed E-state index contributed by atoms with van der Waals surface area (Å²) in [6.07, 6.45) is 0.400. The molecule has 11 heteroatoms. The summed E-state index contributed by atoms with van der Waals surface area (Å²) in [5.41, 5.74) is 1.70. The van der Waals surface area contributed by atoms with E-state index in [-0.39, 0.29) is 47.7 Å². The molecule has 2 aromatic rings. The maximum Gasteiger partial charge on any atom is 0.261 e. The Morgan fingerprint density at radius 2 is 1.80 bits per heavy atom. The molecule has 5 rings (SSSR count). The number of hydrogen-bond donors (Lipinski definition) is 2. The monoisotopic (exact) mass is 496 g/mol. The number of rotatable bonds is 4. The normalized spacial score (nSPS) is 21.2. The maximum atomic E-state index is 13.2. The van der Waals surface area contributed by atoms with E-state index >= 15 is 0 Å². The van der Waals surface area contributed by atoms with Gasteiger partial charge in [-0.2, -0.15) is 0 Å². The van der Waals surface area contributed by atoms with Gasteiger partial charge in [0.05, 0.1) is 10.3 Å². The van der Waals surface area contributed by atoms with Gasteiger partial charge < -0.3 is 9.80 Å². The summed E-state index contributed by atoms with van der Waals surface area (Å²) in [6.45, 7) is 3.65. The summed E-state index contributed by atoms with van der Waals surface area (Å²) in [6, 6.07) is 8.44. The molecule has 2 aromatic carbocycles. The minimum Gasteiger partial charge on any atom is -0.322 e. The van der Waals surface area contributed by atoms with Gasteiger partial charge in [0, 0.05) is 37.0 Å². The van der Waals surface area contributed by atoms with Gasteiger partial charge >= 0.3 is 0 Å². The average Bonchev–Trinajstić information content (AvgIpc) is 3.20. The van der Waals surface area contributed by atoms with Crippen molar-refractivity contribution in [2.45, 2.75) is 49.6 Å². The van der Waals surface area contributed by atoms with Crippen LogP contribution in [-0.2, 0) is 36.4 Å². The summed E-state index contributed by atoms with van der Waals surface area (Å²) in [7, 11) is -2.32. The number of likely N-dealkylation sites (N-methyl/N-ethyl adjacent to an activating group) is 1. The quantitative estimate of drug-likeness (QED) is 0.617. The van der Waals surface area contributed by atoms with Crippen LogP contribution in [0.4, 0.5) is 11.4 Å². The predicted octanol–water partition coefficient (Wildman–Crippen LogP) is 1.50. The molecular formula is C24H24N4O6S. The lowest BCUT2D eigenvalue weighted by atomic mass is 9.86. The molecule has 0 spiro atoms. The molecule has 1 atom stereocenters. The number of amides is 4. The second-order valence-electron chi connectivity index (χ2n) is 9.55. The van der Waals surface area contributed by atoms with Crippen LogP contribution in [0.1, 0.15) is 48.2 Å². The average molecular weight is 497 g/mol. The lowest BCUT2D eigenvalue weighted by Gasteiger charge is -2.29. The number of nitrogens with one attached hydrogen (secondary N) is 2. The number of nitrogens with zero attached hydrogens (tertiary/aromatic N) is 2. The van der Waals surface area contributed by atoms with Crippen molar-refractivity contribution in [3.63, 3.8) is 0 Å². The second-order valence-corrected chi connectivity index (χ2v) is 11.2. The lowest BCUT2D eigenvalue weighted by molar-refractivity contribution is -0.137. The number of piperidine rings is 1. The standard InChI is InChI=1S/C24H24N4O6S/c1-24(2)17-11-15(5-7-18(17)27(3)23(24)32)35(33,34)26-14-4-6-16-13(10-14)12-28(22(16)31)19-8-9-20(29)25-21(19)30/h4-7,10-11,19,26H,8-9,12H2,1-3H3,(H,25,29,30). The van der Waals surface area contributed by atoms with Gasteiger partial charge in [-0.25, -0.2) is 8.42 Å². The predicted molar refractivity (Wildman–Crippen MR) is 126 cm³/mol. The largest absolute Gasteiger partial charge is 0.322 e. The Morgan fingerprint density at radius 3 is 2.51 bits per heavy atom. The Balaban J connectivity index is 1.39. The molecule has 0 aliphatic carbocycles. The molecule has 2 N–H and O–H groups in total. The zero-order chi connectivity index (χ0) is 25.3. The molecule has 4 amide bonds. The molecule has 3 aliphatic rings. The smallest absolute Gasteiger partial charge is 0.261 e. The zero-order valence-corrected chi connectivity index (χ0v) is 20.2. The molecule has 3 aliphatic heterocycles. The van der Waals surface area contributed by atoms with Gasteiger partial charge in [0.2, 0.25) is 17.7 Å². The fourth-order valence-corrected chi connectivity index (χ4v) is 6.05. The van der Waals surface area contributed by atoms with E-state index in [4.69, 9.17) is 0 Å². The van der Waals surface area contributed by atoms with Crippen LogP contribution in [0.3, 0.4) is 0 Å². The number of imide groups is 1. The van der Waals surface area contributed by atoms with Gasteiger partial charge in [0.25, 0.3) is 15.9 Å². The summed E-state index contributed by atoms with van der Waals surface area (Å²) in [5, 5.41) is 2.26. The first-order valence-electron chi connectivity index (χ1n) is 11.1. The molecule has 182 valence electrons. The number of hydrogen-bond acceptors (Lipinski definition) is 6. The first-order chi connectivity index (χ1) is 16.4. The molecule has 1 fully saturated rings. The maximum absolute atomic E-state index is 13.2. The summed E-state index contributed by atoms with van der Waals surface area (Å²) in [4.78, 5) is 52.0. The minimum atomic E-state index is -3.98. The van der Waals surface area contributed by atoms with Crippen LogP contribution in [0, 0.1) is 0 Å². The summed E-state index contributed by atoms with van der Waals surface area (Å²) in [5.74, 6) is -1.32. The third-order valence-electron chi connectivity index (χ3n) is 6.93. The first-order valence-corrected chi connectivity index (χ1v) is 12.6. The van der Waals surface area contributed by atoms with Crippen LogP contribution in [-0.4, -0.2) is 50.0 Å². The molecule has 0 saturated carbocycles. The van der Waals surface area contributed by atoms with Gasteiger partial charge in [-0.1, -0.05) is 0 Å². The fraction of sp³-hybridized carbons (Fsp3) is 0.333. The van der Waals surface area contributed by atoms with Crippen LogP contribution in [0.2, 0.25) is 0 Å². The molecule has 1 unspecified atom stereocenters. The van der Waals surface area contributed by atoms with E-state index in [1.54, 1.807) is 33.0 Å². The molecule has 0 radical (unpaired) electrons. The highest BCUT2D eigenvalue weighted by Gasteiger charge is 2.43. The molecule has 1 saturated heterocycles. The van der Waals surface area contributed by atoms with Gasteiger partial charge in [0.1, 0.15) is 6.04 Å². The van der Waals surface area contributed by atoms with E-state index in [2.05, 4.69) is 10.0 Å².